The number of hydrogen-bond donors (Lipinski definition) is 2. The molecule has 0 saturated carbocycles. The average Bonchev–Trinajstić information content (AvgIpc) is 2.99. The maximum absolute atomic E-state index is 12.0. The van der Waals surface area contributed by atoms with Crippen LogP contribution < -0.4 is 10.2 Å². The van der Waals surface area contributed by atoms with Gasteiger partial charge in [-0.15, -0.1) is 0 Å². The van der Waals surface area contributed by atoms with Gasteiger partial charge in [0, 0.05) is 23.6 Å². The molecule has 0 aliphatic carbocycles. The molecule has 1 saturated heterocycles. The largest absolute Gasteiger partial charge is 0.465 e. The highest BCUT2D eigenvalue weighted by Crippen LogP contribution is 2.39. The molecule has 6 nitrogen and oxygen atoms in total. The van der Waals surface area contributed by atoms with Crippen molar-refractivity contribution in [3.63, 3.8) is 0 Å². The second kappa shape index (κ2) is 9.18. The Morgan fingerprint density at radius 2 is 1.97 bits per heavy atom. The fourth-order valence-corrected chi connectivity index (χ4v) is 5.76. The Morgan fingerprint density at radius 3 is 2.76 bits per heavy atom. The minimum atomic E-state index is -0.880. The predicted molar refractivity (Wildman–Crippen MR) is 132 cm³/mol. The van der Waals surface area contributed by atoms with Crippen LogP contribution in [0.2, 0.25) is 0 Å². The first-order valence-electron chi connectivity index (χ1n) is 12.3. The molecule has 2 aliphatic rings. The van der Waals surface area contributed by atoms with Crippen molar-refractivity contribution in [2.45, 2.75) is 70.4 Å². The smallest absolute Gasteiger partial charge is 0.412 e. The van der Waals surface area contributed by atoms with Crippen LogP contribution in [0.1, 0.15) is 68.4 Å². The number of carbonyl (C=O) groups is 1. The zero-order valence-corrected chi connectivity index (χ0v) is 19.6. The van der Waals surface area contributed by atoms with Gasteiger partial charge >= 0.3 is 6.09 Å². The van der Waals surface area contributed by atoms with Crippen LogP contribution in [-0.4, -0.2) is 39.9 Å². The zero-order chi connectivity index (χ0) is 22.9. The monoisotopic (exact) mass is 446 g/mol. The number of nitrogens with zero attached hydrogens (tertiary/aromatic N) is 3. The van der Waals surface area contributed by atoms with E-state index in [4.69, 9.17) is 4.98 Å². The second-order valence-corrected chi connectivity index (χ2v) is 9.74. The summed E-state index contributed by atoms with van der Waals surface area (Å²) in [6, 6.07) is 15.2. The SMILES string of the molecule is CC(Cc1ccccc1)c1nc2c3c(ccc2n1[C@@H]1CCCNCC1)N(C(=O)O)[C@@H](C)CC3. The number of aromatic nitrogens is 2. The van der Waals surface area contributed by atoms with Crippen LogP contribution in [0, 0.1) is 0 Å². The van der Waals surface area contributed by atoms with E-state index >= 15 is 0 Å². The summed E-state index contributed by atoms with van der Waals surface area (Å²) in [5.41, 5.74) is 5.38. The lowest BCUT2D eigenvalue weighted by Crippen LogP contribution is -2.41. The van der Waals surface area contributed by atoms with E-state index in [1.165, 1.54) is 10.5 Å². The van der Waals surface area contributed by atoms with E-state index in [1.54, 1.807) is 0 Å². The van der Waals surface area contributed by atoms with Crippen LogP contribution in [0.15, 0.2) is 42.5 Å². The number of carboxylic acid groups (broad SMARTS) is 1. The molecule has 5 rings (SSSR count). The fourth-order valence-electron chi connectivity index (χ4n) is 5.76. The summed E-state index contributed by atoms with van der Waals surface area (Å²) >= 11 is 0. The number of fused-ring (bicyclic) bond motifs is 3. The molecule has 0 spiro atoms. The van der Waals surface area contributed by atoms with Crippen molar-refractivity contribution in [3.8, 4) is 0 Å². The number of nitrogens with one attached hydrogen (secondary N) is 1. The Balaban J connectivity index is 1.64. The molecule has 1 amide bonds. The van der Waals surface area contributed by atoms with Crippen LogP contribution in [0.4, 0.5) is 10.5 Å². The lowest BCUT2D eigenvalue weighted by Gasteiger charge is -2.33. The fraction of sp³-hybridized carbons (Fsp3) is 0.481. The number of imidazole rings is 1. The number of benzene rings is 2. The van der Waals surface area contributed by atoms with Gasteiger partial charge in [-0.05, 0) is 76.2 Å². The van der Waals surface area contributed by atoms with E-state index in [0.717, 1.165) is 79.7 Å². The van der Waals surface area contributed by atoms with Gasteiger partial charge < -0.3 is 15.0 Å². The lowest BCUT2D eigenvalue weighted by molar-refractivity contribution is 0.198. The van der Waals surface area contributed by atoms with Crippen molar-refractivity contribution in [1.29, 1.82) is 0 Å². The summed E-state index contributed by atoms with van der Waals surface area (Å²) < 4.78 is 2.50. The van der Waals surface area contributed by atoms with Gasteiger partial charge in [0.2, 0.25) is 0 Å². The zero-order valence-electron chi connectivity index (χ0n) is 19.6. The molecule has 3 atom stereocenters. The van der Waals surface area contributed by atoms with E-state index in [1.807, 2.05) is 13.0 Å². The maximum Gasteiger partial charge on any atom is 0.412 e. The Labute approximate surface area is 195 Å². The molecule has 6 heteroatoms. The Bertz CT molecular complexity index is 1130. The Hall–Kier alpha value is -2.86. The van der Waals surface area contributed by atoms with E-state index < -0.39 is 6.09 Å². The highest BCUT2D eigenvalue weighted by molar-refractivity contribution is 5.94. The van der Waals surface area contributed by atoms with Crippen molar-refractivity contribution in [2.24, 2.45) is 0 Å². The van der Waals surface area contributed by atoms with Crippen LogP contribution in [0.5, 0.6) is 0 Å². The number of amides is 1. The van der Waals surface area contributed by atoms with Gasteiger partial charge in [-0.25, -0.2) is 9.78 Å². The second-order valence-electron chi connectivity index (χ2n) is 9.74. The summed E-state index contributed by atoms with van der Waals surface area (Å²) in [6.07, 6.45) is 5.14. The van der Waals surface area contributed by atoms with Gasteiger partial charge in [0.25, 0.3) is 0 Å². The quantitative estimate of drug-likeness (QED) is 0.554. The molecule has 3 heterocycles. The summed E-state index contributed by atoms with van der Waals surface area (Å²) in [5.74, 6) is 1.40. The van der Waals surface area contributed by atoms with Crippen LogP contribution in [0.3, 0.4) is 0 Å². The van der Waals surface area contributed by atoms with Gasteiger partial charge in [0.15, 0.2) is 0 Å². The summed E-state index contributed by atoms with van der Waals surface area (Å²) in [5, 5.41) is 13.4. The van der Waals surface area contributed by atoms with Crippen molar-refractivity contribution in [1.82, 2.24) is 14.9 Å². The van der Waals surface area contributed by atoms with Gasteiger partial charge in [-0.1, -0.05) is 37.3 Å². The molecule has 0 radical (unpaired) electrons. The third kappa shape index (κ3) is 4.12. The predicted octanol–water partition coefficient (Wildman–Crippen LogP) is 5.52. The van der Waals surface area contributed by atoms with E-state index in [9.17, 15) is 9.90 Å². The van der Waals surface area contributed by atoms with Gasteiger partial charge in [0.1, 0.15) is 5.82 Å². The van der Waals surface area contributed by atoms with Crippen molar-refractivity contribution in [2.75, 3.05) is 18.0 Å². The molecule has 2 N–H and O–H groups in total. The van der Waals surface area contributed by atoms with Crippen molar-refractivity contribution in [3.05, 3.63) is 59.4 Å². The minimum Gasteiger partial charge on any atom is -0.465 e. The van der Waals surface area contributed by atoms with Gasteiger partial charge in [-0.2, -0.15) is 0 Å². The van der Waals surface area contributed by atoms with Crippen LogP contribution >= 0.6 is 0 Å². The van der Waals surface area contributed by atoms with Gasteiger partial charge in [0.05, 0.1) is 16.7 Å². The van der Waals surface area contributed by atoms with Crippen LogP contribution in [-0.2, 0) is 12.8 Å². The molecule has 33 heavy (non-hydrogen) atoms. The molecule has 3 aromatic rings. The first-order valence-corrected chi connectivity index (χ1v) is 12.3. The average molecular weight is 447 g/mol. The third-order valence-electron chi connectivity index (χ3n) is 7.42. The maximum atomic E-state index is 12.0. The number of hydrogen-bond acceptors (Lipinski definition) is 3. The summed E-state index contributed by atoms with van der Waals surface area (Å²) in [6.45, 7) is 6.36. The summed E-state index contributed by atoms with van der Waals surface area (Å²) in [7, 11) is 0. The third-order valence-corrected chi connectivity index (χ3v) is 7.42. The van der Waals surface area contributed by atoms with E-state index in [2.05, 4.69) is 53.2 Å². The number of aryl methyl sites for hydroxylation is 1. The number of anilines is 1. The normalized spacial score (nSPS) is 22.1. The molecule has 2 aliphatic heterocycles. The molecule has 174 valence electrons. The molecular weight excluding hydrogens is 412 g/mol. The highest BCUT2D eigenvalue weighted by atomic mass is 16.4. The highest BCUT2D eigenvalue weighted by Gasteiger charge is 2.32. The van der Waals surface area contributed by atoms with Crippen molar-refractivity contribution < 1.29 is 9.90 Å². The van der Waals surface area contributed by atoms with E-state index in [-0.39, 0.29) is 12.0 Å². The first-order chi connectivity index (χ1) is 16.0. The van der Waals surface area contributed by atoms with Gasteiger partial charge in [-0.3, -0.25) is 4.90 Å². The first kappa shape index (κ1) is 22.0. The minimum absolute atomic E-state index is 0.0149. The lowest BCUT2D eigenvalue weighted by atomic mass is 9.95. The molecule has 1 aromatic heterocycles. The van der Waals surface area contributed by atoms with E-state index in [0.29, 0.717) is 6.04 Å². The number of rotatable bonds is 4. The van der Waals surface area contributed by atoms with Crippen LogP contribution in [0.25, 0.3) is 11.0 Å². The Morgan fingerprint density at radius 1 is 1.15 bits per heavy atom. The standard InChI is InChI=1S/C27H34N4O2/c1-18(17-20-7-4-3-5-8-20)26-29-25-22-11-10-19(2)30(27(32)33)23(22)12-13-24(25)31(26)21-9-6-15-28-16-14-21/h3-5,7-8,12-13,18-19,21,28H,6,9-11,14-17H2,1-2H3,(H,32,33)/t18?,19-,21+/m0/s1. The molecule has 1 unspecified atom stereocenters. The van der Waals surface area contributed by atoms with Crippen molar-refractivity contribution >= 4 is 22.8 Å². The molecule has 2 aromatic carbocycles. The topological polar surface area (TPSA) is 70.4 Å². The molecular formula is C27H34N4O2. The Kier molecular flexibility index (Phi) is 6.11. The summed E-state index contributed by atoms with van der Waals surface area (Å²) in [4.78, 5) is 18.8. The molecule has 1 fully saturated rings. The molecule has 0 bridgehead atoms.